The summed E-state index contributed by atoms with van der Waals surface area (Å²) in [6, 6.07) is 2.19. The zero-order valence-corrected chi connectivity index (χ0v) is 9.26. The Morgan fingerprint density at radius 2 is 2.22 bits per heavy atom. The van der Waals surface area contributed by atoms with Crippen LogP contribution in [0.1, 0.15) is 17.3 Å². The third-order valence-electron chi connectivity index (χ3n) is 2.44. The minimum atomic E-state index is -1.45. The number of nitrogens with zero attached hydrogens (tertiary/aromatic N) is 1. The Hall–Kier alpha value is -2.48. The molecule has 0 spiro atoms. The molecule has 0 radical (unpaired) electrons. The van der Waals surface area contributed by atoms with Gasteiger partial charge in [-0.25, -0.2) is 0 Å². The first kappa shape index (κ1) is 12.0. The topological polar surface area (TPSA) is 122 Å². The number of benzene rings is 1. The van der Waals surface area contributed by atoms with E-state index in [0.717, 1.165) is 12.1 Å². The molecule has 2 rings (SSSR count). The first-order valence-electron chi connectivity index (χ1n) is 4.99. The third kappa shape index (κ3) is 1.89. The van der Waals surface area contributed by atoms with Gasteiger partial charge in [-0.05, 0) is 0 Å². The fourth-order valence-corrected chi connectivity index (χ4v) is 1.72. The number of hydrogen-bond donors (Lipinski definition) is 3. The van der Waals surface area contributed by atoms with Gasteiger partial charge in [0.05, 0.1) is 21.9 Å². The van der Waals surface area contributed by atoms with Crippen LogP contribution in [0.2, 0.25) is 0 Å². The van der Waals surface area contributed by atoms with Gasteiger partial charge in [0.15, 0.2) is 6.23 Å². The Kier molecular flexibility index (Phi) is 2.71. The number of nitrogens with one attached hydrogen (secondary N) is 2. The summed E-state index contributed by atoms with van der Waals surface area (Å²) in [5, 5.41) is 24.9. The van der Waals surface area contributed by atoms with E-state index in [-0.39, 0.29) is 22.6 Å². The molecule has 0 saturated carbocycles. The maximum Gasteiger partial charge on any atom is 0.272 e. The SMILES string of the molecule is CC(=O)Nc1cc([N+](=O)[O-])cc2c1NC(O)C2=O. The highest BCUT2D eigenvalue weighted by Crippen LogP contribution is 2.36. The van der Waals surface area contributed by atoms with Crippen LogP contribution in [0.15, 0.2) is 12.1 Å². The van der Waals surface area contributed by atoms with Gasteiger partial charge in [0.1, 0.15) is 0 Å². The van der Waals surface area contributed by atoms with Crippen LogP contribution in [0.25, 0.3) is 0 Å². The lowest BCUT2D eigenvalue weighted by atomic mass is 10.1. The normalized spacial score (nSPS) is 17.0. The summed E-state index contributed by atoms with van der Waals surface area (Å²) in [6.07, 6.45) is -1.45. The summed E-state index contributed by atoms with van der Waals surface area (Å²) in [5.41, 5.74) is -0.0629. The van der Waals surface area contributed by atoms with Gasteiger partial charge in [-0.15, -0.1) is 0 Å². The number of carbonyl (C=O) groups is 2. The number of Topliss-reactive ketones (excluding diaryl/α,β-unsaturated/α-hetero) is 1. The van der Waals surface area contributed by atoms with Gasteiger partial charge in [0.2, 0.25) is 11.7 Å². The molecule has 0 aromatic heterocycles. The van der Waals surface area contributed by atoms with Crippen LogP contribution in [0.5, 0.6) is 0 Å². The van der Waals surface area contributed by atoms with E-state index in [4.69, 9.17) is 0 Å². The minimum Gasteiger partial charge on any atom is -0.367 e. The molecule has 8 heteroatoms. The lowest BCUT2D eigenvalue weighted by Crippen LogP contribution is -2.20. The Balaban J connectivity index is 2.59. The molecule has 1 amide bonds. The second-order valence-corrected chi connectivity index (χ2v) is 3.77. The summed E-state index contributed by atoms with van der Waals surface area (Å²) in [7, 11) is 0. The van der Waals surface area contributed by atoms with E-state index in [1.165, 1.54) is 6.92 Å². The Morgan fingerprint density at radius 3 is 2.78 bits per heavy atom. The Morgan fingerprint density at radius 1 is 1.56 bits per heavy atom. The van der Waals surface area contributed by atoms with Gasteiger partial charge in [-0.3, -0.25) is 19.7 Å². The van der Waals surface area contributed by atoms with Gasteiger partial charge in [0, 0.05) is 19.1 Å². The monoisotopic (exact) mass is 251 g/mol. The number of hydrogen-bond acceptors (Lipinski definition) is 6. The predicted molar refractivity (Wildman–Crippen MR) is 61.4 cm³/mol. The number of amides is 1. The minimum absolute atomic E-state index is 0.0135. The van der Waals surface area contributed by atoms with Crippen LogP contribution in [0, 0.1) is 10.1 Å². The van der Waals surface area contributed by atoms with Gasteiger partial charge in [0.25, 0.3) is 5.69 Å². The van der Waals surface area contributed by atoms with Crippen LogP contribution in [-0.4, -0.2) is 27.9 Å². The number of rotatable bonds is 2. The molecule has 94 valence electrons. The molecular weight excluding hydrogens is 242 g/mol. The molecule has 1 heterocycles. The number of aliphatic hydroxyl groups is 1. The van der Waals surface area contributed by atoms with Crippen molar-refractivity contribution in [1.29, 1.82) is 0 Å². The van der Waals surface area contributed by atoms with Crippen LogP contribution >= 0.6 is 0 Å². The molecule has 0 aliphatic carbocycles. The zero-order chi connectivity index (χ0) is 13.4. The maximum atomic E-state index is 11.6. The number of fused-ring (bicyclic) bond motifs is 1. The first-order valence-corrected chi connectivity index (χ1v) is 4.99. The van der Waals surface area contributed by atoms with Gasteiger partial charge in [-0.1, -0.05) is 0 Å². The quantitative estimate of drug-likeness (QED) is 0.519. The summed E-state index contributed by atoms with van der Waals surface area (Å²) in [4.78, 5) is 32.6. The molecule has 1 atom stereocenters. The number of carbonyl (C=O) groups excluding carboxylic acids is 2. The summed E-state index contributed by atoms with van der Waals surface area (Å²) in [6.45, 7) is 1.23. The largest absolute Gasteiger partial charge is 0.367 e. The Bertz CT molecular complexity index is 569. The van der Waals surface area contributed by atoms with Crippen LogP contribution in [-0.2, 0) is 4.79 Å². The molecule has 8 nitrogen and oxygen atoms in total. The molecule has 0 fully saturated rings. The molecule has 1 aromatic rings. The van der Waals surface area contributed by atoms with Crippen molar-refractivity contribution in [2.24, 2.45) is 0 Å². The first-order chi connectivity index (χ1) is 8.40. The van der Waals surface area contributed by atoms with Crippen LogP contribution in [0.3, 0.4) is 0 Å². The highest BCUT2D eigenvalue weighted by Gasteiger charge is 2.32. The number of ketones is 1. The van der Waals surface area contributed by atoms with E-state index < -0.39 is 22.8 Å². The number of nitro benzene ring substituents is 1. The standard InChI is InChI=1S/C10H9N3O5/c1-4(14)11-7-3-5(13(17)18)2-6-8(7)12-10(16)9(6)15/h2-3,10,12,16H,1H3,(H,11,14). The fraction of sp³-hybridized carbons (Fsp3) is 0.200. The predicted octanol–water partition coefficient (Wildman–Crippen LogP) is 0.480. The van der Waals surface area contributed by atoms with E-state index >= 15 is 0 Å². The van der Waals surface area contributed by atoms with E-state index in [2.05, 4.69) is 10.6 Å². The average molecular weight is 251 g/mol. The van der Waals surface area contributed by atoms with E-state index in [1.54, 1.807) is 0 Å². The molecular formula is C10H9N3O5. The van der Waals surface area contributed by atoms with E-state index in [0.29, 0.717) is 0 Å². The second-order valence-electron chi connectivity index (χ2n) is 3.77. The second kappa shape index (κ2) is 4.08. The molecule has 0 saturated heterocycles. The fourth-order valence-electron chi connectivity index (χ4n) is 1.72. The van der Waals surface area contributed by atoms with Gasteiger partial charge in [-0.2, -0.15) is 0 Å². The van der Waals surface area contributed by atoms with Crippen LogP contribution < -0.4 is 10.6 Å². The van der Waals surface area contributed by atoms with Crippen molar-refractivity contribution in [3.63, 3.8) is 0 Å². The zero-order valence-electron chi connectivity index (χ0n) is 9.26. The maximum absolute atomic E-state index is 11.6. The van der Waals surface area contributed by atoms with Crippen molar-refractivity contribution in [3.8, 4) is 0 Å². The van der Waals surface area contributed by atoms with Crippen molar-refractivity contribution in [3.05, 3.63) is 27.8 Å². The number of non-ortho nitro benzene ring substituents is 1. The van der Waals surface area contributed by atoms with E-state index in [9.17, 15) is 24.8 Å². The van der Waals surface area contributed by atoms with Gasteiger partial charge < -0.3 is 15.7 Å². The van der Waals surface area contributed by atoms with Crippen molar-refractivity contribution in [1.82, 2.24) is 0 Å². The van der Waals surface area contributed by atoms with Crippen molar-refractivity contribution in [2.45, 2.75) is 13.2 Å². The average Bonchev–Trinajstić information content (AvgIpc) is 2.55. The summed E-state index contributed by atoms with van der Waals surface area (Å²) < 4.78 is 0. The molecule has 1 aromatic carbocycles. The third-order valence-corrected chi connectivity index (χ3v) is 2.44. The Labute approximate surface area is 101 Å². The summed E-state index contributed by atoms with van der Waals surface area (Å²) >= 11 is 0. The highest BCUT2D eigenvalue weighted by molar-refractivity contribution is 6.13. The molecule has 3 N–H and O–H groups in total. The molecule has 1 unspecified atom stereocenters. The number of anilines is 2. The molecule has 1 aliphatic heterocycles. The molecule has 18 heavy (non-hydrogen) atoms. The number of nitro groups is 1. The number of aliphatic hydroxyl groups excluding tert-OH is 1. The van der Waals surface area contributed by atoms with Crippen molar-refractivity contribution >= 4 is 28.8 Å². The summed E-state index contributed by atoms with van der Waals surface area (Å²) in [5.74, 6) is -1.10. The molecule has 0 bridgehead atoms. The smallest absolute Gasteiger partial charge is 0.272 e. The lowest BCUT2D eigenvalue weighted by Gasteiger charge is -2.08. The van der Waals surface area contributed by atoms with Crippen LogP contribution in [0.4, 0.5) is 17.1 Å². The van der Waals surface area contributed by atoms with E-state index in [1.807, 2.05) is 0 Å². The lowest BCUT2D eigenvalue weighted by molar-refractivity contribution is -0.384. The highest BCUT2D eigenvalue weighted by atomic mass is 16.6. The van der Waals surface area contributed by atoms with Crippen molar-refractivity contribution < 1.29 is 19.6 Å². The van der Waals surface area contributed by atoms with Gasteiger partial charge >= 0.3 is 0 Å². The van der Waals surface area contributed by atoms with Crippen molar-refractivity contribution in [2.75, 3.05) is 10.6 Å². The molecule has 1 aliphatic rings.